The first-order valence-electron chi connectivity index (χ1n) is 6.88. The van der Waals surface area contributed by atoms with Crippen molar-refractivity contribution in [3.8, 4) is 0 Å². The SMILES string of the molecule is CCn1cc(CC(NN)c2ccc(N(C)C)cc2)cn1. The molecule has 0 fully saturated rings. The summed E-state index contributed by atoms with van der Waals surface area (Å²) in [6.07, 6.45) is 4.80. The van der Waals surface area contributed by atoms with Gasteiger partial charge in [0.25, 0.3) is 0 Å². The van der Waals surface area contributed by atoms with Gasteiger partial charge in [-0.25, -0.2) is 0 Å². The lowest BCUT2D eigenvalue weighted by atomic mass is 10.0. The van der Waals surface area contributed by atoms with E-state index in [-0.39, 0.29) is 6.04 Å². The lowest BCUT2D eigenvalue weighted by Crippen LogP contribution is -2.29. The predicted octanol–water partition coefficient (Wildman–Crippen LogP) is 1.72. The van der Waals surface area contributed by atoms with Crippen molar-refractivity contribution in [2.45, 2.75) is 25.9 Å². The van der Waals surface area contributed by atoms with Crippen molar-refractivity contribution in [2.75, 3.05) is 19.0 Å². The quantitative estimate of drug-likeness (QED) is 0.621. The highest BCUT2D eigenvalue weighted by Gasteiger charge is 2.12. The van der Waals surface area contributed by atoms with Gasteiger partial charge in [0, 0.05) is 32.5 Å². The van der Waals surface area contributed by atoms with E-state index in [1.807, 2.05) is 25.0 Å². The number of anilines is 1. The highest BCUT2D eigenvalue weighted by molar-refractivity contribution is 5.46. The molecule has 0 bridgehead atoms. The Labute approximate surface area is 120 Å². The van der Waals surface area contributed by atoms with Gasteiger partial charge in [0.05, 0.1) is 12.2 Å². The van der Waals surface area contributed by atoms with Crippen LogP contribution in [-0.4, -0.2) is 23.9 Å². The molecule has 0 aliphatic heterocycles. The molecule has 5 nitrogen and oxygen atoms in total. The number of hydrogen-bond acceptors (Lipinski definition) is 4. The van der Waals surface area contributed by atoms with Crippen LogP contribution in [0.5, 0.6) is 0 Å². The highest BCUT2D eigenvalue weighted by atomic mass is 15.3. The summed E-state index contributed by atoms with van der Waals surface area (Å²) in [6, 6.07) is 8.54. The Balaban J connectivity index is 2.11. The number of nitrogens with zero attached hydrogens (tertiary/aromatic N) is 3. The number of aryl methyl sites for hydroxylation is 1. The molecule has 1 aromatic heterocycles. The molecule has 2 rings (SSSR count). The van der Waals surface area contributed by atoms with Crippen molar-refractivity contribution in [3.63, 3.8) is 0 Å². The molecule has 0 saturated heterocycles. The average Bonchev–Trinajstić information content (AvgIpc) is 2.92. The largest absolute Gasteiger partial charge is 0.378 e. The Morgan fingerprint density at radius 2 is 2.00 bits per heavy atom. The van der Waals surface area contributed by atoms with E-state index in [1.54, 1.807) is 0 Å². The minimum Gasteiger partial charge on any atom is -0.378 e. The van der Waals surface area contributed by atoms with Crippen LogP contribution in [-0.2, 0) is 13.0 Å². The Hall–Kier alpha value is -1.85. The van der Waals surface area contributed by atoms with E-state index in [9.17, 15) is 0 Å². The van der Waals surface area contributed by atoms with E-state index < -0.39 is 0 Å². The minimum atomic E-state index is 0.0979. The van der Waals surface area contributed by atoms with E-state index in [0.29, 0.717) is 0 Å². The summed E-state index contributed by atoms with van der Waals surface area (Å²) in [5.41, 5.74) is 6.45. The van der Waals surface area contributed by atoms with Gasteiger partial charge in [0.1, 0.15) is 0 Å². The lowest BCUT2D eigenvalue weighted by Gasteiger charge is -2.18. The van der Waals surface area contributed by atoms with E-state index >= 15 is 0 Å². The molecule has 5 heteroatoms. The molecule has 0 spiro atoms. The molecule has 1 unspecified atom stereocenters. The predicted molar refractivity (Wildman–Crippen MR) is 82.4 cm³/mol. The molecule has 0 amide bonds. The van der Waals surface area contributed by atoms with Gasteiger partial charge in [-0.2, -0.15) is 5.10 Å². The van der Waals surface area contributed by atoms with E-state index in [0.717, 1.165) is 13.0 Å². The summed E-state index contributed by atoms with van der Waals surface area (Å²) in [4.78, 5) is 2.08. The van der Waals surface area contributed by atoms with Crippen LogP contribution in [0.3, 0.4) is 0 Å². The number of aromatic nitrogens is 2. The first-order valence-corrected chi connectivity index (χ1v) is 6.88. The maximum absolute atomic E-state index is 5.70. The Morgan fingerprint density at radius 3 is 2.50 bits per heavy atom. The fourth-order valence-corrected chi connectivity index (χ4v) is 2.20. The van der Waals surface area contributed by atoms with Crippen LogP contribution in [0.2, 0.25) is 0 Å². The minimum absolute atomic E-state index is 0.0979. The molecule has 0 aliphatic carbocycles. The van der Waals surface area contributed by atoms with E-state index in [4.69, 9.17) is 5.84 Å². The zero-order chi connectivity index (χ0) is 14.5. The van der Waals surface area contributed by atoms with Crippen molar-refractivity contribution < 1.29 is 0 Å². The van der Waals surface area contributed by atoms with Gasteiger partial charge in [-0.3, -0.25) is 16.0 Å². The molecule has 1 aromatic carbocycles. The monoisotopic (exact) mass is 273 g/mol. The van der Waals surface area contributed by atoms with Crippen LogP contribution < -0.4 is 16.2 Å². The summed E-state index contributed by atoms with van der Waals surface area (Å²) in [7, 11) is 4.07. The maximum Gasteiger partial charge on any atom is 0.0522 e. The molecule has 108 valence electrons. The fourth-order valence-electron chi connectivity index (χ4n) is 2.20. The summed E-state index contributed by atoms with van der Waals surface area (Å²) in [6.45, 7) is 2.97. The van der Waals surface area contributed by atoms with Crippen LogP contribution >= 0.6 is 0 Å². The third-order valence-electron chi connectivity index (χ3n) is 3.46. The van der Waals surface area contributed by atoms with Gasteiger partial charge in [-0.05, 0) is 36.6 Å². The number of hydrazine groups is 1. The van der Waals surface area contributed by atoms with Gasteiger partial charge in [-0.1, -0.05) is 12.1 Å². The number of nitrogens with one attached hydrogen (secondary N) is 1. The number of nitrogens with two attached hydrogens (primary N) is 1. The third kappa shape index (κ3) is 3.37. The summed E-state index contributed by atoms with van der Waals surface area (Å²) < 4.78 is 1.93. The van der Waals surface area contributed by atoms with Crippen molar-refractivity contribution in [2.24, 2.45) is 5.84 Å². The molecule has 0 saturated carbocycles. The highest BCUT2D eigenvalue weighted by Crippen LogP contribution is 2.20. The van der Waals surface area contributed by atoms with Crippen LogP contribution in [0.15, 0.2) is 36.7 Å². The van der Waals surface area contributed by atoms with Crippen molar-refractivity contribution in [3.05, 3.63) is 47.8 Å². The first kappa shape index (κ1) is 14.6. The molecule has 0 radical (unpaired) electrons. The van der Waals surface area contributed by atoms with E-state index in [1.165, 1.54) is 16.8 Å². The van der Waals surface area contributed by atoms with Gasteiger partial charge < -0.3 is 4.90 Å². The zero-order valence-corrected chi connectivity index (χ0v) is 12.4. The maximum atomic E-state index is 5.70. The van der Waals surface area contributed by atoms with Crippen LogP contribution in [0.25, 0.3) is 0 Å². The van der Waals surface area contributed by atoms with Crippen molar-refractivity contribution in [1.82, 2.24) is 15.2 Å². The van der Waals surface area contributed by atoms with Gasteiger partial charge >= 0.3 is 0 Å². The first-order chi connectivity index (χ1) is 9.63. The van der Waals surface area contributed by atoms with Crippen molar-refractivity contribution in [1.29, 1.82) is 0 Å². The van der Waals surface area contributed by atoms with Gasteiger partial charge in [-0.15, -0.1) is 0 Å². The van der Waals surface area contributed by atoms with E-state index in [2.05, 4.69) is 52.8 Å². The molecule has 1 atom stereocenters. The zero-order valence-electron chi connectivity index (χ0n) is 12.4. The standard InChI is InChI=1S/C15H23N5/c1-4-20-11-12(10-17-20)9-15(18-16)13-5-7-14(8-6-13)19(2)3/h5-8,10-11,15,18H,4,9,16H2,1-3H3. The molecule has 2 aromatic rings. The number of rotatable bonds is 6. The fraction of sp³-hybridized carbons (Fsp3) is 0.400. The second-order valence-corrected chi connectivity index (χ2v) is 5.11. The summed E-state index contributed by atoms with van der Waals surface area (Å²) in [5.74, 6) is 5.70. The second kappa shape index (κ2) is 6.54. The average molecular weight is 273 g/mol. The summed E-state index contributed by atoms with van der Waals surface area (Å²) >= 11 is 0. The molecular formula is C15H23N5. The van der Waals surface area contributed by atoms with Gasteiger partial charge in [0.2, 0.25) is 0 Å². The topological polar surface area (TPSA) is 59.1 Å². The Morgan fingerprint density at radius 1 is 1.30 bits per heavy atom. The third-order valence-corrected chi connectivity index (χ3v) is 3.46. The second-order valence-electron chi connectivity index (χ2n) is 5.11. The molecular weight excluding hydrogens is 250 g/mol. The Bertz CT molecular complexity index is 529. The molecule has 20 heavy (non-hydrogen) atoms. The number of benzene rings is 1. The van der Waals surface area contributed by atoms with Crippen LogP contribution in [0.4, 0.5) is 5.69 Å². The summed E-state index contributed by atoms with van der Waals surface area (Å²) in [5, 5.41) is 4.29. The van der Waals surface area contributed by atoms with Crippen LogP contribution in [0, 0.1) is 0 Å². The van der Waals surface area contributed by atoms with Crippen LogP contribution in [0.1, 0.15) is 24.1 Å². The Kier molecular flexibility index (Phi) is 4.76. The molecule has 0 aliphatic rings. The van der Waals surface area contributed by atoms with Crippen molar-refractivity contribution >= 4 is 5.69 Å². The smallest absolute Gasteiger partial charge is 0.0522 e. The molecule has 1 heterocycles. The normalized spacial score (nSPS) is 12.4. The molecule has 3 N–H and O–H groups in total. The number of hydrogen-bond donors (Lipinski definition) is 2. The van der Waals surface area contributed by atoms with Gasteiger partial charge in [0.15, 0.2) is 0 Å². The lowest BCUT2D eigenvalue weighted by molar-refractivity contribution is 0.551.